The molecule has 0 rings (SSSR count). The molecular formula is C17H28F7NO3S. The average molecular weight is 459 g/mol. The molecule has 0 aliphatic rings. The molecule has 4 nitrogen and oxygen atoms in total. The Hall–Kier alpha value is -0.910. The highest BCUT2D eigenvalue weighted by molar-refractivity contribution is 7.86. The highest BCUT2D eigenvalue weighted by atomic mass is 32.2. The Morgan fingerprint density at radius 3 is 1.97 bits per heavy atom. The van der Waals surface area contributed by atoms with Gasteiger partial charge in [0.05, 0.1) is 0 Å². The molecule has 0 aromatic heterocycles. The molecule has 174 valence electrons. The molecule has 0 radical (unpaired) electrons. The van der Waals surface area contributed by atoms with Crippen molar-refractivity contribution in [3.8, 4) is 0 Å². The summed E-state index contributed by atoms with van der Waals surface area (Å²) in [5, 5.41) is 2.15. The molecule has 0 bridgehead atoms. The van der Waals surface area contributed by atoms with Crippen molar-refractivity contribution >= 4 is 16.7 Å². The van der Waals surface area contributed by atoms with Gasteiger partial charge in [-0.1, -0.05) is 39.0 Å². The molecule has 0 spiro atoms. The van der Waals surface area contributed by atoms with Crippen molar-refractivity contribution in [1.82, 2.24) is 0 Å². The van der Waals surface area contributed by atoms with Crippen molar-refractivity contribution in [3.05, 3.63) is 0 Å². The summed E-state index contributed by atoms with van der Waals surface area (Å²) in [5.41, 5.74) is 2.44. The van der Waals surface area contributed by atoms with Crippen LogP contribution in [0.15, 0.2) is 0 Å². The summed E-state index contributed by atoms with van der Waals surface area (Å²) in [5.74, 6) is -13.4. The molecule has 0 aromatic rings. The number of rotatable bonds is 14. The summed E-state index contributed by atoms with van der Waals surface area (Å²) in [4.78, 5) is 11.3. The van der Waals surface area contributed by atoms with E-state index in [1.807, 2.05) is 6.92 Å². The van der Waals surface area contributed by atoms with Gasteiger partial charge in [-0.15, -0.1) is 0 Å². The zero-order valence-electron chi connectivity index (χ0n) is 16.5. The van der Waals surface area contributed by atoms with Gasteiger partial charge in [-0.3, -0.25) is 9.00 Å². The van der Waals surface area contributed by atoms with Gasteiger partial charge in [0.15, 0.2) is 6.17 Å². The van der Waals surface area contributed by atoms with Gasteiger partial charge < -0.3 is 10.8 Å². The van der Waals surface area contributed by atoms with E-state index in [-0.39, 0.29) is 13.3 Å². The standard InChI is InChI=1S/C17H28F7NO3S/c1-4-5-6-7-8-9-12(10-14(3,27)13(25)26)29(28)17(23,24)16(21,22)15(19,20)11(2)18/h11-12,27H,4-10H2,1-3H3,(H2,25,26). The third-order valence-electron chi connectivity index (χ3n) is 4.62. The number of aliphatic hydroxyl groups is 1. The van der Waals surface area contributed by atoms with Crippen LogP contribution in [0.3, 0.4) is 0 Å². The first-order valence-corrected chi connectivity index (χ1v) is 10.4. The monoisotopic (exact) mass is 459 g/mol. The molecule has 1 amide bonds. The second-order valence-electron chi connectivity index (χ2n) is 7.29. The molecule has 29 heavy (non-hydrogen) atoms. The van der Waals surface area contributed by atoms with Crippen molar-refractivity contribution in [2.24, 2.45) is 5.73 Å². The fourth-order valence-corrected chi connectivity index (χ4v) is 4.25. The van der Waals surface area contributed by atoms with Gasteiger partial charge >= 0.3 is 17.1 Å². The van der Waals surface area contributed by atoms with Crippen LogP contribution in [0.5, 0.6) is 0 Å². The SMILES string of the molecule is CCCCCCCC(CC(C)(O)C(N)=O)S(=O)C(F)(F)C(F)(F)C(F)(F)C(C)F. The molecule has 0 aliphatic heterocycles. The Kier molecular flexibility index (Phi) is 10.1. The minimum atomic E-state index is -6.27. The number of hydrogen-bond acceptors (Lipinski definition) is 3. The van der Waals surface area contributed by atoms with Gasteiger partial charge in [0.25, 0.3) is 0 Å². The van der Waals surface area contributed by atoms with E-state index in [4.69, 9.17) is 5.73 Å². The minimum Gasteiger partial charge on any atom is -0.380 e. The number of alkyl halides is 7. The van der Waals surface area contributed by atoms with Gasteiger partial charge in [-0.25, -0.2) is 4.39 Å². The predicted molar refractivity (Wildman–Crippen MR) is 95.2 cm³/mol. The van der Waals surface area contributed by atoms with E-state index >= 15 is 0 Å². The Balaban J connectivity index is 5.77. The summed E-state index contributed by atoms with van der Waals surface area (Å²) < 4.78 is 108. The van der Waals surface area contributed by atoms with Crippen LogP contribution < -0.4 is 5.73 Å². The number of carbonyl (C=O) groups is 1. The van der Waals surface area contributed by atoms with E-state index in [1.165, 1.54) is 0 Å². The Bertz CT molecular complexity index is 571. The number of carbonyl (C=O) groups excluding carboxylic acids is 1. The van der Waals surface area contributed by atoms with Crippen LogP contribution in [0.25, 0.3) is 0 Å². The maximum Gasteiger partial charge on any atom is 0.389 e. The average Bonchev–Trinajstić information content (AvgIpc) is 2.58. The van der Waals surface area contributed by atoms with Crippen LogP contribution in [0.2, 0.25) is 0 Å². The zero-order chi connectivity index (χ0) is 23.3. The summed E-state index contributed by atoms with van der Waals surface area (Å²) in [6.07, 6.45) is -2.21. The number of primary amides is 1. The molecule has 0 aromatic carbocycles. The van der Waals surface area contributed by atoms with Crippen LogP contribution in [-0.2, 0) is 15.6 Å². The number of nitrogens with two attached hydrogens (primary N) is 1. The lowest BCUT2D eigenvalue weighted by atomic mass is 9.96. The highest BCUT2D eigenvalue weighted by Crippen LogP contribution is 2.50. The predicted octanol–water partition coefficient (Wildman–Crippen LogP) is 4.31. The number of hydrogen-bond donors (Lipinski definition) is 2. The van der Waals surface area contributed by atoms with Gasteiger partial charge in [0.1, 0.15) is 16.4 Å². The van der Waals surface area contributed by atoms with Crippen LogP contribution in [0, 0.1) is 0 Å². The van der Waals surface area contributed by atoms with E-state index in [9.17, 15) is 44.8 Å². The maximum atomic E-state index is 14.2. The molecule has 12 heteroatoms. The first-order valence-electron chi connectivity index (χ1n) is 9.17. The van der Waals surface area contributed by atoms with Gasteiger partial charge in [-0.05, 0) is 26.7 Å². The lowest BCUT2D eigenvalue weighted by Gasteiger charge is -2.35. The number of amides is 1. The van der Waals surface area contributed by atoms with Crippen molar-refractivity contribution < 1.29 is 44.8 Å². The molecule has 4 atom stereocenters. The summed E-state index contributed by atoms with van der Waals surface area (Å²) in [6, 6.07) is 0. The Labute approximate surface area is 167 Å². The van der Waals surface area contributed by atoms with Crippen molar-refractivity contribution in [3.63, 3.8) is 0 Å². The quantitative estimate of drug-likeness (QED) is 0.300. The molecule has 4 unspecified atom stereocenters. The van der Waals surface area contributed by atoms with Crippen LogP contribution in [0.1, 0.15) is 65.7 Å². The topological polar surface area (TPSA) is 80.4 Å². The summed E-state index contributed by atoms with van der Waals surface area (Å²) in [7, 11) is -3.97. The van der Waals surface area contributed by atoms with E-state index in [0.717, 1.165) is 19.8 Å². The molecule has 0 saturated carbocycles. The number of halogens is 7. The third kappa shape index (κ3) is 6.53. The molecular weight excluding hydrogens is 431 g/mol. The van der Waals surface area contributed by atoms with Crippen LogP contribution in [-0.4, -0.2) is 49.3 Å². The minimum absolute atomic E-state index is 0.0179. The van der Waals surface area contributed by atoms with E-state index in [1.54, 1.807) is 0 Å². The van der Waals surface area contributed by atoms with Gasteiger partial charge in [0.2, 0.25) is 5.91 Å². The molecule has 0 saturated heterocycles. The summed E-state index contributed by atoms with van der Waals surface area (Å²) in [6.45, 7) is 2.69. The van der Waals surface area contributed by atoms with Crippen molar-refractivity contribution in [2.75, 3.05) is 0 Å². The smallest absolute Gasteiger partial charge is 0.380 e. The van der Waals surface area contributed by atoms with Crippen molar-refractivity contribution in [2.45, 2.75) is 99.8 Å². The van der Waals surface area contributed by atoms with Gasteiger partial charge in [-0.2, -0.15) is 26.3 Å². The van der Waals surface area contributed by atoms with Crippen LogP contribution >= 0.6 is 0 Å². The second-order valence-corrected chi connectivity index (χ2v) is 9.07. The third-order valence-corrected chi connectivity index (χ3v) is 6.39. The highest BCUT2D eigenvalue weighted by Gasteiger charge is 2.76. The van der Waals surface area contributed by atoms with Gasteiger partial charge in [0, 0.05) is 5.25 Å². The molecule has 0 fully saturated rings. The van der Waals surface area contributed by atoms with Crippen molar-refractivity contribution in [1.29, 1.82) is 0 Å². The fraction of sp³-hybridized carbons (Fsp3) is 0.941. The number of unbranched alkanes of at least 4 members (excludes halogenated alkanes) is 4. The zero-order valence-corrected chi connectivity index (χ0v) is 17.3. The summed E-state index contributed by atoms with van der Waals surface area (Å²) >= 11 is 0. The second kappa shape index (κ2) is 10.4. The lowest BCUT2D eigenvalue weighted by molar-refractivity contribution is -0.295. The fourth-order valence-electron chi connectivity index (χ4n) is 2.58. The Morgan fingerprint density at radius 1 is 1.07 bits per heavy atom. The maximum absolute atomic E-state index is 14.2. The lowest BCUT2D eigenvalue weighted by Crippen LogP contribution is -2.61. The first kappa shape index (κ1) is 28.1. The molecule has 0 aliphatic carbocycles. The molecule has 3 N–H and O–H groups in total. The first-order chi connectivity index (χ1) is 13.0. The van der Waals surface area contributed by atoms with E-state index < -0.39 is 63.7 Å². The van der Waals surface area contributed by atoms with Crippen LogP contribution in [0.4, 0.5) is 30.7 Å². The van der Waals surface area contributed by atoms with E-state index in [2.05, 4.69) is 0 Å². The largest absolute Gasteiger partial charge is 0.389 e. The molecule has 0 heterocycles. The Morgan fingerprint density at radius 2 is 1.55 bits per heavy atom. The van der Waals surface area contributed by atoms with E-state index in [0.29, 0.717) is 12.8 Å². The normalized spacial score (nSPS) is 18.7.